The van der Waals surface area contributed by atoms with Gasteiger partial charge in [-0.05, 0) is 43.9 Å². The quantitative estimate of drug-likeness (QED) is 0.433. The van der Waals surface area contributed by atoms with E-state index in [-0.39, 0.29) is 17.7 Å². The number of methoxy groups -OCH3 is 1. The van der Waals surface area contributed by atoms with Gasteiger partial charge in [-0.3, -0.25) is 19.5 Å². The van der Waals surface area contributed by atoms with Crippen LogP contribution in [-0.2, 0) is 9.59 Å². The van der Waals surface area contributed by atoms with E-state index in [0.717, 1.165) is 35.7 Å². The number of benzene rings is 1. The molecule has 9 heteroatoms. The molecule has 0 bridgehead atoms. The molecular weight excluding hydrogens is 468 g/mol. The summed E-state index contributed by atoms with van der Waals surface area (Å²) in [5.74, 6) is 1.83. The Labute approximate surface area is 220 Å². The van der Waals surface area contributed by atoms with Crippen LogP contribution in [0.4, 0.5) is 11.4 Å². The maximum absolute atomic E-state index is 12.7. The van der Waals surface area contributed by atoms with Gasteiger partial charge in [-0.2, -0.15) is 0 Å². The third-order valence-corrected chi connectivity index (χ3v) is 6.17. The molecule has 2 aliphatic rings. The molecule has 0 spiro atoms. The van der Waals surface area contributed by atoms with Gasteiger partial charge in [0, 0.05) is 30.3 Å². The predicted octanol–water partition coefficient (Wildman–Crippen LogP) is 4.24. The van der Waals surface area contributed by atoms with Gasteiger partial charge in [-0.15, -0.1) is 0 Å². The van der Waals surface area contributed by atoms with Gasteiger partial charge in [0.1, 0.15) is 11.8 Å². The van der Waals surface area contributed by atoms with Crippen molar-refractivity contribution in [3.63, 3.8) is 0 Å². The van der Waals surface area contributed by atoms with Crippen LogP contribution in [0.2, 0.25) is 0 Å². The topological polar surface area (TPSA) is 107 Å². The Morgan fingerprint density at radius 2 is 1.97 bits per heavy atom. The van der Waals surface area contributed by atoms with Gasteiger partial charge < -0.3 is 20.7 Å². The molecule has 0 aliphatic carbocycles. The lowest BCUT2D eigenvalue weighted by Gasteiger charge is -2.36. The number of hydrogen-bond acceptors (Lipinski definition) is 6. The summed E-state index contributed by atoms with van der Waals surface area (Å²) in [5, 5.41) is 9.24. The monoisotopic (exact) mass is 508 g/mol. The number of aliphatic imine (C=N–C) groups is 2. The Morgan fingerprint density at radius 3 is 2.62 bits per heavy atom. The highest BCUT2D eigenvalue weighted by Crippen LogP contribution is 2.37. The first-order valence-electron chi connectivity index (χ1n) is 12.8. The van der Waals surface area contributed by atoms with Crippen LogP contribution in [0.3, 0.4) is 0 Å². The Morgan fingerprint density at radius 1 is 1.24 bits per heavy atom. The lowest BCUT2D eigenvalue weighted by atomic mass is 9.93. The van der Waals surface area contributed by atoms with Crippen molar-refractivity contribution in [3.8, 4) is 5.75 Å². The SMILES string of the molecule is C=C1C=C(C)N2C(=N1)C(=NCCCCNC(=O)[C@@H](NC(=O)C(C)(C)C)C(C)C)Nc1cc(OC)ccc12. The van der Waals surface area contributed by atoms with E-state index in [1.807, 2.05) is 65.8 Å². The first kappa shape index (κ1) is 28.0. The van der Waals surface area contributed by atoms with Crippen LogP contribution in [0.5, 0.6) is 5.75 Å². The summed E-state index contributed by atoms with van der Waals surface area (Å²) in [6, 6.07) is 5.30. The third kappa shape index (κ3) is 6.78. The number of unbranched alkanes of at least 4 members (excludes halogenated alkanes) is 1. The van der Waals surface area contributed by atoms with Gasteiger partial charge in [0.05, 0.1) is 24.2 Å². The Bertz CT molecular complexity index is 1140. The van der Waals surface area contributed by atoms with Crippen LogP contribution in [0.15, 0.2) is 52.2 Å². The number of carbonyl (C=O) groups excluding carboxylic acids is 2. The van der Waals surface area contributed by atoms with E-state index in [2.05, 4.69) is 32.4 Å². The van der Waals surface area contributed by atoms with Crippen molar-refractivity contribution >= 4 is 34.9 Å². The van der Waals surface area contributed by atoms with Crippen LogP contribution in [0, 0.1) is 11.3 Å². The minimum Gasteiger partial charge on any atom is -0.497 e. The second-order valence-electron chi connectivity index (χ2n) is 10.7. The van der Waals surface area contributed by atoms with E-state index in [9.17, 15) is 9.59 Å². The number of ether oxygens (including phenoxy) is 1. The van der Waals surface area contributed by atoms with Gasteiger partial charge in [0.15, 0.2) is 11.7 Å². The van der Waals surface area contributed by atoms with Crippen LogP contribution in [0.1, 0.15) is 54.4 Å². The Kier molecular flexibility index (Phi) is 8.78. The van der Waals surface area contributed by atoms with E-state index in [1.54, 1.807) is 7.11 Å². The third-order valence-electron chi connectivity index (χ3n) is 6.17. The van der Waals surface area contributed by atoms with Crippen LogP contribution in [-0.4, -0.2) is 49.7 Å². The number of anilines is 2. The molecule has 2 heterocycles. The van der Waals surface area contributed by atoms with Crippen LogP contribution < -0.4 is 25.6 Å². The van der Waals surface area contributed by atoms with Gasteiger partial charge in [0.25, 0.3) is 0 Å². The molecule has 2 amide bonds. The van der Waals surface area contributed by atoms with Gasteiger partial charge >= 0.3 is 0 Å². The highest BCUT2D eigenvalue weighted by atomic mass is 16.5. The maximum atomic E-state index is 12.7. The number of allylic oxidation sites excluding steroid dienone is 2. The molecule has 1 aromatic rings. The largest absolute Gasteiger partial charge is 0.497 e. The van der Waals surface area contributed by atoms with Crippen molar-refractivity contribution < 1.29 is 14.3 Å². The average molecular weight is 509 g/mol. The minimum atomic E-state index is -0.560. The number of carbonyl (C=O) groups is 2. The first-order valence-corrected chi connectivity index (χ1v) is 12.8. The van der Waals surface area contributed by atoms with Crippen molar-refractivity contribution in [2.75, 3.05) is 30.4 Å². The highest BCUT2D eigenvalue weighted by Gasteiger charge is 2.31. The van der Waals surface area contributed by atoms with Crippen molar-refractivity contribution in [3.05, 3.63) is 42.2 Å². The Balaban J connectivity index is 1.60. The fourth-order valence-electron chi connectivity index (χ4n) is 4.03. The molecule has 0 unspecified atom stereocenters. The smallest absolute Gasteiger partial charge is 0.242 e. The molecule has 200 valence electrons. The molecule has 1 aromatic carbocycles. The van der Waals surface area contributed by atoms with Crippen molar-refractivity contribution in [2.24, 2.45) is 21.3 Å². The zero-order valence-electron chi connectivity index (χ0n) is 23.1. The summed E-state index contributed by atoms with van der Waals surface area (Å²) >= 11 is 0. The standard InChI is InChI=1S/C28H40N6O3/c1-17(2)23(33-27(36)28(5,6)7)26(35)30-14-10-9-13-29-24-25-31-18(3)15-19(4)34(25)22-12-11-20(37-8)16-21(22)32-24/h11-12,15-17,23H,3,9-10,13-14H2,1-2,4-8H3,(H,29,32)(H,30,35)(H,33,36)/t23-/m0/s1. The number of amidine groups is 2. The van der Waals surface area contributed by atoms with E-state index in [1.165, 1.54) is 0 Å². The average Bonchev–Trinajstić information content (AvgIpc) is 2.82. The second-order valence-corrected chi connectivity index (χ2v) is 10.7. The molecule has 0 fully saturated rings. The molecule has 37 heavy (non-hydrogen) atoms. The van der Waals surface area contributed by atoms with E-state index in [4.69, 9.17) is 9.73 Å². The molecule has 1 atom stereocenters. The molecule has 3 N–H and O–H groups in total. The zero-order chi connectivity index (χ0) is 27.3. The predicted molar refractivity (Wildman–Crippen MR) is 150 cm³/mol. The summed E-state index contributed by atoms with van der Waals surface area (Å²) in [7, 11) is 1.64. The van der Waals surface area contributed by atoms with Crippen LogP contribution >= 0.6 is 0 Å². The van der Waals surface area contributed by atoms with Crippen molar-refractivity contribution in [2.45, 2.75) is 60.4 Å². The summed E-state index contributed by atoms with van der Waals surface area (Å²) in [6.45, 7) is 16.5. The van der Waals surface area contributed by atoms with Crippen LogP contribution in [0.25, 0.3) is 0 Å². The number of hydrogen-bond donors (Lipinski definition) is 3. The summed E-state index contributed by atoms with van der Waals surface area (Å²) < 4.78 is 5.39. The maximum Gasteiger partial charge on any atom is 0.242 e. The highest BCUT2D eigenvalue weighted by molar-refractivity contribution is 6.52. The molecule has 0 saturated heterocycles. The molecule has 9 nitrogen and oxygen atoms in total. The van der Waals surface area contributed by atoms with Gasteiger partial charge in [0.2, 0.25) is 11.8 Å². The molecule has 2 aliphatic heterocycles. The number of fused-ring (bicyclic) bond motifs is 3. The molecular formula is C28H40N6O3. The second kappa shape index (κ2) is 11.6. The van der Waals surface area contributed by atoms with E-state index < -0.39 is 11.5 Å². The van der Waals surface area contributed by atoms with E-state index >= 15 is 0 Å². The minimum absolute atomic E-state index is 0.0111. The molecule has 0 radical (unpaired) electrons. The van der Waals surface area contributed by atoms with Gasteiger partial charge in [-0.1, -0.05) is 41.2 Å². The fraction of sp³-hybridized carbons (Fsp3) is 0.500. The van der Waals surface area contributed by atoms with Crippen molar-refractivity contribution in [1.82, 2.24) is 10.6 Å². The first-order chi connectivity index (χ1) is 17.4. The zero-order valence-corrected chi connectivity index (χ0v) is 23.1. The summed E-state index contributed by atoms with van der Waals surface area (Å²) in [6.07, 6.45) is 3.48. The number of nitrogens with one attached hydrogen (secondary N) is 3. The summed E-state index contributed by atoms with van der Waals surface area (Å²) in [5.41, 5.74) is 3.00. The van der Waals surface area contributed by atoms with E-state index in [0.29, 0.717) is 30.5 Å². The lowest BCUT2D eigenvalue weighted by Crippen LogP contribution is -2.52. The van der Waals surface area contributed by atoms with Gasteiger partial charge in [-0.25, -0.2) is 4.99 Å². The number of nitrogens with zero attached hydrogens (tertiary/aromatic N) is 3. The Hall–Kier alpha value is -3.62. The lowest BCUT2D eigenvalue weighted by molar-refractivity contribution is -0.134. The normalized spacial score (nSPS) is 16.8. The van der Waals surface area contributed by atoms with Crippen molar-refractivity contribution in [1.29, 1.82) is 0 Å². The summed E-state index contributed by atoms with van der Waals surface area (Å²) in [4.78, 5) is 36.6. The fourth-order valence-corrected chi connectivity index (χ4v) is 4.03. The molecule has 0 saturated carbocycles. The molecule has 0 aromatic heterocycles. The molecule has 3 rings (SSSR count). The number of rotatable bonds is 9. The number of amides is 2.